The highest BCUT2D eigenvalue weighted by molar-refractivity contribution is 14.0. The van der Waals surface area contributed by atoms with E-state index in [-0.39, 0.29) is 35.8 Å². The van der Waals surface area contributed by atoms with E-state index < -0.39 is 0 Å². The fraction of sp³-hybridized carbons (Fsp3) is 0.458. The van der Waals surface area contributed by atoms with Crippen LogP contribution in [0, 0.1) is 19.8 Å². The molecule has 3 rings (SSSR count). The number of aryl methyl sites for hydroxylation is 2. The van der Waals surface area contributed by atoms with E-state index in [2.05, 4.69) is 63.6 Å². The first-order valence-corrected chi connectivity index (χ1v) is 11.0. The monoisotopic (exact) mass is 550 g/mol. The molecule has 1 fully saturated rings. The number of guanidine groups is 1. The summed E-state index contributed by atoms with van der Waals surface area (Å²) in [6, 6.07) is 10.6. The smallest absolute Gasteiger partial charge is 0.222 e. The molecule has 1 unspecified atom stereocenters. The van der Waals surface area contributed by atoms with Gasteiger partial charge >= 0.3 is 0 Å². The minimum Gasteiger partial charge on any atom is -0.369 e. The van der Waals surface area contributed by atoms with Gasteiger partial charge in [0.15, 0.2) is 5.96 Å². The van der Waals surface area contributed by atoms with Gasteiger partial charge in [0.25, 0.3) is 0 Å². The van der Waals surface area contributed by atoms with Crippen LogP contribution in [0.4, 0.5) is 5.82 Å². The van der Waals surface area contributed by atoms with Crippen LogP contribution in [0.2, 0.25) is 0 Å². The molecule has 8 heteroatoms. The number of amides is 1. The molecule has 1 aromatic carbocycles. The van der Waals surface area contributed by atoms with Crippen LogP contribution in [0.3, 0.4) is 0 Å². The predicted molar refractivity (Wildman–Crippen MR) is 142 cm³/mol. The second kappa shape index (κ2) is 12.6. The maximum atomic E-state index is 11.6. The number of carbonyl (C=O) groups is 1. The number of aliphatic imine (C=N–C) groups is 1. The van der Waals surface area contributed by atoms with Crippen LogP contribution in [0.5, 0.6) is 0 Å². The van der Waals surface area contributed by atoms with Crippen molar-refractivity contribution in [2.24, 2.45) is 16.6 Å². The quantitative estimate of drug-likeness (QED) is 0.280. The molecule has 0 bridgehead atoms. The van der Waals surface area contributed by atoms with E-state index in [0.29, 0.717) is 13.1 Å². The standard InChI is InChI=1S/C24H34N6O.HI/c1-17-12-18(2)14-19(13-17)8-10-28-24(26-3)29-15-20-6-4-9-27-23(20)30-11-5-7-21(16-30)22(25)31;/h4,6,9,12-14,21H,5,7-8,10-11,15-16H2,1-3H3,(H2,25,31)(H2,26,28,29);1H. The summed E-state index contributed by atoms with van der Waals surface area (Å²) >= 11 is 0. The van der Waals surface area contributed by atoms with Gasteiger partial charge in [-0.2, -0.15) is 0 Å². The second-order valence-corrected chi connectivity index (χ2v) is 8.27. The Kier molecular flexibility index (Phi) is 10.2. The minimum absolute atomic E-state index is 0. The molecule has 4 N–H and O–H groups in total. The van der Waals surface area contributed by atoms with E-state index in [0.717, 1.165) is 49.7 Å². The maximum Gasteiger partial charge on any atom is 0.222 e. The molecular formula is C24H35IN6O. The highest BCUT2D eigenvalue weighted by Gasteiger charge is 2.25. The van der Waals surface area contributed by atoms with Crippen molar-refractivity contribution in [3.63, 3.8) is 0 Å². The highest BCUT2D eigenvalue weighted by Crippen LogP contribution is 2.24. The van der Waals surface area contributed by atoms with Crippen LogP contribution in [0.1, 0.15) is 35.1 Å². The summed E-state index contributed by atoms with van der Waals surface area (Å²) < 4.78 is 0. The summed E-state index contributed by atoms with van der Waals surface area (Å²) in [5.74, 6) is 1.32. The number of aromatic nitrogens is 1. The van der Waals surface area contributed by atoms with Gasteiger partial charge in [-0.1, -0.05) is 35.4 Å². The Labute approximate surface area is 208 Å². The number of hydrogen-bond acceptors (Lipinski definition) is 4. The molecule has 0 spiro atoms. The fourth-order valence-corrected chi connectivity index (χ4v) is 4.19. The van der Waals surface area contributed by atoms with E-state index in [9.17, 15) is 4.79 Å². The number of nitrogens with zero attached hydrogens (tertiary/aromatic N) is 3. The van der Waals surface area contributed by atoms with Gasteiger partial charge in [0.05, 0.1) is 5.92 Å². The van der Waals surface area contributed by atoms with E-state index >= 15 is 0 Å². The number of hydrogen-bond donors (Lipinski definition) is 3. The molecule has 32 heavy (non-hydrogen) atoms. The first-order chi connectivity index (χ1) is 15.0. The van der Waals surface area contributed by atoms with Gasteiger partial charge in [0, 0.05) is 45.0 Å². The van der Waals surface area contributed by atoms with Gasteiger partial charge in [0.2, 0.25) is 5.91 Å². The van der Waals surface area contributed by atoms with Crippen molar-refractivity contribution in [1.82, 2.24) is 15.6 Å². The summed E-state index contributed by atoms with van der Waals surface area (Å²) in [5.41, 5.74) is 10.5. The number of primary amides is 1. The molecule has 7 nitrogen and oxygen atoms in total. The van der Waals surface area contributed by atoms with Gasteiger partial charge < -0.3 is 21.3 Å². The van der Waals surface area contributed by atoms with E-state index in [4.69, 9.17) is 5.73 Å². The molecule has 1 atom stereocenters. The average Bonchev–Trinajstić information content (AvgIpc) is 2.75. The Morgan fingerprint density at radius 3 is 2.69 bits per heavy atom. The van der Waals surface area contributed by atoms with Crippen molar-refractivity contribution in [3.05, 3.63) is 58.8 Å². The number of rotatable bonds is 7. The largest absolute Gasteiger partial charge is 0.369 e. The van der Waals surface area contributed by atoms with Crippen molar-refractivity contribution < 1.29 is 4.79 Å². The van der Waals surface area contributed by atoms with Crippen LogP contribution in [0.25, 0.3) is 0 Å². The SMILES string of the molecule is CN=C(NCCc1cc(C)cc(C)c1)NCc1cccnc1N1CCCC(C(N)=O)C1.I. The molecule has 0 radical (unpaired) electrons. The number of piperidine rings is 1. The molecule has 2 heterocycles. The third kappa shape index (κ3) is 7.36. The number of halogens is 1. The van der Waals surface area contributed by atoms with Gasteiger partial charge in [-0.15, -0.1) is 24.0 Å². The molecule has 174 valence electrons. The van der Waals surface area contributed by atoms with Crippen molar-refractivity contribution in [2.75, 3.05) is 31.6 Å². The summed E-state index contributed by atoms with van der Waals surface area (Å²) in [6.07, 6.45) is 4.52. The fourth-order valence-electron chi connectivity index (χ4n) is 4.19. The number of nitrogens with one attached hydrogen (secondary N) is 2. The Morgan fingerprint density at radius 2 is 2.00 bits per heavy atom. The summed E-state index contributed by atoms with van der Waals surface area (Å²) in [5, 5.41) is 6.78. The number of pyridine rings is 1. The van der Waals surface area contributed by atoms with Crippen LogP contribution < -0.4 is 21.3 Å². The van der Waals surface area contributed by atoms with Crippen LogP contribution in [-0.4, -0.2) is 43.5 Å². The molecule has 1 aromatic heterocycles. The minimum atomic E-state index is -0.228. The lowest BCUT2D eigenvalue weighted by Crippen LogP contribution is -2.42. The number of benzene rings is 1. The zero-order chi connectivity index (χ0) is 22.2. The predicted octanol–water partition coefficient (Wildman–Crippen LogP) is 2.93. The van der Waals surface area contributed by atoms with E-state index in [1.165, 1.54) is 16.7 Å². The summed E-state index contributed by atoms with van der Waals surface area (Å²) in [6.45, 7) is 7.17. The van der Waals surface area contributed by atoms with Crippen LogP contribution in [0.15, 0.2) is 41.5 Å². The molecule has 1 amide bonds. The summed E-state index contributed by atoms with van der Waals surface area (Å²) in [4.78, 5) is 22.8. The summed E-state index contributed by atoms with van der Waals surface area (Å²) in [7, 11) is 1.78. The van der Waals surface area contributed by atoms with Gasteiger partial charge in [-0.3, -0.25) is 9.79 Å². The molecule has 0 aliphatic carbocycles. The Hall–Kier alpha value is -2.36. The highest BCUT2D eigenvalue weighted by atomic mass is 127. The van der Waals surface area contributed by atoms with Gasteiger partial charge in [0.1, 0.15) is 5.82 Å². The second-order valence-electron chi connectivity index (χ2n) is 8.27. The number of carbonyl (C=O) groups excluding carboxylic acids is 1. The topological polar surface area (TPSA) is 95.6 Å². The van der Waals surface area contributed by atoms with Crippen molar-refractivity contribution >= 4 is 41.7 Å². The van der Waals surface area contributed by atoms with Crippen LogP contribution in [-0.2, 0) is 17.8 Å². The molecular weight excluding hydrogens is 515 g/mol. The maximum absolute atomic E-state index is 11.6. The zero-order valence-corrected chi connectivity index (χ0v) is 21.6. The number of nitrogens with two attached hydrogens (primary N) is 1. The molecule has 2 aromatic rings. The Bertz CT molecular complexity index is 912. The molecule has 1 aliphatic heterocycles. The third-order valence-corrected chi connectivity index (χ3v) is 5.65. The van der Waals surface area contributed by atoms with Crippen molar-refractivity contribution in [2.45, 2.75) is 39.7 Å². The first kappa shape index (κ1) is 25.9. The molecule has 0 saturated carbocycles. The Morgan fingerprint density at radius 1 is 1.25 bits per heavy atom. The van der Waals surface area contributed by atoms with Crippen molar-refractivity contribution in [1.29, 1.82) is 0 Å². The normalized spacial score (nSPS) is 16.3. The van der Waals surface area contributed by atoms with E-state index in [1.54, 1.807) is 13.2 Å². The average molecular weight is 550 g/mol. The number of anilines is 1. The third-order valence-electron chi connectivity index (χ3n) is 5.65. The molecule has 1 aliphatic rings. The van der Waals surface area contributed by atoms with Gasteiger partial charge in [-0.25, -0.2) is 4.98 Å². The Balaban J connectivity index is 0.00000363. The molecule has 1 saturated heterocycles. The lowest BCUT2D eigenvalue weighted by atomic mass is 9.97. The van der Waals surface area contributed by atoms with Gasteiger partial charge in [-0.05, 0) is 44.7 Å². The lowest BCUT2D eigenvalue weighted by molar-refractivity contribution is -0.122. The zero-order valence-electron chi connectivity index (χ0n) is 19.2. The van der Waals surface area contributed by atoms with Crippen molar-refractivity contribution in [3.8, 4) is 0 Å². The first-order valence-electron chi connectivity index (χ1n) is 11.0. The van der Waals surface area contributed by atoms with Crippen LogP contribution >= 0.6 is 24.0 Å². The van der Waals surface area contributed by atoms with E-state index in [1.807, 2.05) is 6.07 Å². The lowest BCUT2D eigenvalue weighted by Gasteiger charge is -2.33.